The minimum Gasteiger partial charge on any atom is -0.436 e. The van der Waals surface area contributed by atoms with Gasteiger partial charge < -0.3 is 14.7 Å². The van der Waals surface area contributed by atoms with Gasteiger partial charge in [0.05, 0.1) is 12.6 Å². The van der Waals surface area contributed by atoms with Gasteiger partial charge in [0.2, 0.25) is 11.8 Å². The second-order valence-corrected chi connectivity index (χ2v) is 7.22. The van der Waals surface area contributed by atoms with Crippen molar-refractivity contribution in [2.24, 2.45) is 0 Å². The van der Waals surface area contributed by atoms with Gasteiger partial charge in [-0.05, 0) is 55.8 Å². The van der Waals surface area contributed by atoms with Gasteiger partial charge in [0.1, 0.15) is 11.3 Å². The van der Waals surface area contributed by atoms with Crippen LogP contribution in [0.1, 0.15) is 18.7 Å². The molecule has 4 aromatic rings. The van der Waals surface area contributed by atoms with Gasteiger partial charge in [-0.3, -0.25) is 9.69 Å². The molecule has 0 bridgehead atoms. The molecule has 0 saturated carbocycles. The van der Waals surface area contributed by atoms with E-state index >= 15 is 0 Å². The van der Waals surface area contributed by atoms with Crippen molar-refractivity contribution in [2.45, 2.75) is 25.4 Å². The van der Waals surface area contributed by atoms with Crippen LogP contribution in [0, 0.1) is 0 Å². The van der Waals surface area contributed by atoms with E-state index in [2.05, 4.69) is 25.2 Å². The number of nitrogens with zero attached hydrogens (tertiary/aromatic N) is 3. The maximum atomic E-state index is 12.8. The number of amides is 1. The van der Waals surface area contributed by atoms with Crippen molar-refractivity contribution in [3.63, 3.8) is 0 Å². The summed E-state index contributed by atoms with van der Waals surface area (Å²) in [5.74, 6) is 1.47. The summed E-state index contributed by atoms with van der Waals surface area (Å²) in [5, 5.41) is 3.04. The molecule has 1 fully saturated rings. The zero-order valence-electron chi connectivity index (χ0n) is 15.8. The molecular weight excluding hydrogens is 366 g/mol. The first kappa shape index (κ1) is 17.6. The molecule has 1 amide bonds. The fraction of sp³-hybridized carbons (Fsp3) is 0.227. The Balaban J connectivity index is 1.27. The number of para-hydroxylation sites is 2. The number of oxazole rings is 1. The molecule has 5 rings (SSSR count). The van der Waals surface area contributed by atoms with Gasteiger partial charge in [0.15, 0.2) is 5.58 Å². The van der Waals surface area contributed by atoms with Crippen LogP contribution < -0.4 is 5.32 Å². The first-order chi connectivity index (χ1) is 14.3. The Morgan fingerprint density at radius 1 is 1.21 bits per heavy atom. The highest BCUT2D eigenvalue weighted by Gasteiger charge is 2.31. The lowest BCUT2D eigenvalue weighted by atomic mass is 10.1. The molecule has 1 aliphatic rings. The third-order valence-electron chi connectivity index (χ3n) is 5.27. The fourth-order valence-corrected chi connectivity index (χ4v) is 3.81. The van der Waals surface area contributed by atoms with Crippen molar-refractivity contribution >= 4 is 22.7 Å². The first-order valence-corrected chi connectivity index (χ1v) is 9.75. The number of benzene rings is 2. The third-order valence-corrected chi connectivity index (χ3v) is 5.27. The maximum Gasteiger partial charge on any atom is 0.241 e. The van der Waals surface area contributed by atoms with E-state index in [1.54, 1.807) is 12.4 Å². The number of hydrogen-bond donors (Lipinski definition) is 2. The molecule has 7 heteroatoms. The number of aromatic amines is 1. The number of carbonyl (C=O) groups excluding carboxylic acids is 1. The summed E-state index contributed by atoms with van der Waals surface area (Å²) in [4.78, 5) is 26.9. The number of hydrogen-bond acceptors (Lipinski definition) is 5. The molecular formula is C22H21N5O2. The molecule has 2 N–H and O–H groups in total. The number of nitrogens with one attached hydrogen (secondary N) is 2. The van der Waals surface area contributed by atoms with Gasteiger partial charge in [0.25, 0.3) is 0 Å². The molecule has 2 aromatic carbocycles. The predicted molar refractivity (Wildman–Crippen MR) is 110 cm³/mol. The largest absolute Gasteiger partial charge is 0.436 e. The van der Waals surface area contributed by atoms with Crippen LogP contribution in [0.5, 0.6) is 0 Å². The van der Waals surface area contributed by atoms with Crippen LogP contribution in [0.25, 0.3) is 22.6 Å². The first-order valence-electron chi connectivity index (χ1n) is 9.75. The molecule has 29 heavy (non-hydrogen) atoms. The number of rotatable bonds is 5. The molecule has 0 aliphatic carbocycles. The number of anilines is 1. The van der Waals surface area contributed by atoms with Crippen LogP contribution in [0.4, 0.5) is 5.69 Å². The number of carbonyl (C=O) groups is 1. The topological polar surface area (TPSA) is 87.1 Å². The average molecular weight is 387 g/mol. The number of likely N-dealkylation sites (tertiary alicyclic amines) is 1. The van der Waals surface area contributed by atoms with Gasteiger partial charge in [-0.25, -0.2) is 9.97 Å². The Morgan fingerprint density at radius 2 is 2.07 bits per heavy atom. The van der Waals surface area contributed by atoms with Crippen molar-refractivity contribution in [3.05, 3.63) is 66.7 Å². The number of H-pyrrole nitrogens is 1. The second-order valence-electron chi connectivity index (χ2n) is 7.22. The monoisotopic (exact) mass is 387 g/mol. The Hall–Kier alpha value is -3.45. The van der Waals surface area contributed by atoms with Crippen molar-refractivity contribution in [1.82, 2.24) is 19.9 Å². The van der Waals surface area contributed by atoms with E-state index in [-0.39, 0.29) is 11.9 Å². The lowest BCUT2D eigenvalue weighted by Crippen LogP contribution is -2.39. The minimum atomic E-state index is -0.142. The lowest BCUT2D eigenvalue weighted by Gasteiger charge is -2.22. The summed E-state index contributed by atoms with van der Waals surface area (Å²) in [6.07, 6.45) is 5.40. The molecule has 1 saturated heterocycles. The molecule has 7 nitrogen and oxygen atoms in total. The Labute approximate surface area is 167 Å². The normalized spacial score (nSPS) is 17.0. The van der Waals surface area contributed by atoms with Gasteiger partial charge in [-0.15, -0.1) is 0 Å². The summed E-state index contributed by atoms with van der Waals surface area (Å²) in [5.41, 5.74) is 3.23. The Morgan fingerprint density at radius 3 is 2.86 bits per heavy atom. The third kappa shape index (κ3) is 3.64. The molecule has 0 radical (unpaired) electrons. The van der Waals surface area contributed by atoms with Crippen LogP contribution in [0.15, 0.2) is 65.3 Å². The highest BCUT2D eigenvalue weighted by molar-refractivity contribution is 5.95. The summed E-state index contributed by atoms with van der Waals surface area (Å²) < 4.78 is 5.81. The van der Waals surface area contributed by atoms with E-state index in [1.807, 2.05) is 48.5 Å². The highest BCUT2D eigenvalue weighted by atomic mass is 16.3. The van der Waals surface area contributed by atoms with Crippen molar-refractivity contribution in [3.8, 4) is 11.5 Å². The van der Waals surface area contributed by atoms with Gasteiger partial charge in [-0.2, -0.15) is 0 Å². The van der Waals surface area contributed by atoms with E-state index in [0.29, 0.717) is 12.4 Å². The summed E-state index contributed by atoms with van der Waals surface area (Å²) in [6.45, 7) is 1.55. The van der Waals surface area contributed by atoms with Crippen LogP contribution >= 0.6 is 0 Å². The van der Waals surface area contributed by atoms with Crippen molar-refractivity contribution in [1.29, 1.82) is 0 Å². The summed E-state index contributed by atoms with van der Waals surface area (Å²) in [7, 11) is 0. The van der Waals surface area contributed by atoms with Crippen LogP contribution in [-0.2, 0) is 11.3 Å². The van der Waals surface area contributed by atoms with Crippen LogP contribution in [-0.4, -0.2) is 38.3 Å². The van der Waals surface area contributed by atoms with Crippen LogP contribution in [0.2, 0.25) is 0 Å². The van der Waals surface area contributed by atoms with Gasteiger partial charge >= 0.3 is 0 Å². The SMILES string of the molecule is O=C(Nc1ccc(-c2nc3ccccc3o2)cc1)[C@H]1CCCN1Cc1ncc[nH]1. The summed E-state index contributed by atoms with van der Waals surface area (Å²) in [6, 6.07) is 15.1. The standard InChI is InChI=1S/C22H21N5O2/c28-21(18-5-3-13-27(18)14-20-23-11-12-24-20)25-16-9-7-15(8-10-16)22-26-17-4-1-2-6-19(17)29-22/h1-2,4,6-12,18H,3,5,13-14H2,(H,23,24)(H,25,28)/t18-/m1/s1. The zero-order valence-corrected chi connectivity index (χ0v) is 15.8. The molecule has 2 aromatic heterocycles. The van der Waals surface area contributed by atoms with E-state index in [4.69, 9.17) is 4.42 Å². The lowest BCUT2D eigenvalue weighted by molar-refractivity contribution is -0.120. The highest BCUT2D eigenvalue weighted by Crippen LogP contribution is 2.26. The Bertz CT molecular complexity index is 1080. The van der Waals surface area contributed by atoms with E-state index in [0.717, 1.165) is 47.6 Å². The molecule has 0 spiro atoms. The fourth-order valence-electron chi connectivity index (χ4n) is 3.81. The average Bonchev–Trinajstić information content (AvgIpc) is 3.49. The van der Waals surface area contributed by atoms with Crippen LogP contribution in [0.3, 0.4) is 0 Å². The van der Waals surface area contributed by atoms with E-state index < -0.39 is 0 Å². The molecule has 1 atom stereocenters. The maximum absolute atomic E-state index is 12.8. The van der Waals surface area contributed by atoms with Crippen molar-refractivity contribution in [2.75, 3.05) is 11.9 Å². The Kier molecular flexibility index (Phi) is 4.57. The van der Waals surface area contributed by atoms with E-state index in [9.17, 15) is 4.79 Å². The number of fused-ring (bicyclic) bond motifs is 1. The smallest absolute Gasteiger partial charge is 0.241 e. The minimum absolute atomic E-state index is 0.0173. The van der Waals surface area contributed by atoms with Crippen molar-refractivity contribution < 1.29 is 9.21 Å². The summed E-state index contributed by atoms with van der Waals surface area (Å²) >= 11 is 0. The van der Waals surface area contributed by atoms with Gasteiger partial charge in [0, 0.05) is 23.6 Å². The van der Waals surface area contributed by atoms with Gasteiger partial charge in [-0.1, -0.05) is 12.1 Å². The number of imidazole rings is 1. The zero-order chi connectivity index (χ0) is 19.6. The molecule has 3 heterocycles. The second kappa shape index (κ2) is 7.52. The quantitative estimate of drug-likeness (QED) is 0.544. The predicted octanol–water partition coefficient (Wildman–Crippen LogP) is 3.82. The van der Waals surface area contributed by atoms with E-state index in [1.165, 1.54) is 0 Å². The molecule has 146 valence electrons. The molecule has 0 unspecified atom stereocenters. The molecule has 1 aliphatic heterocycles. The number of aromatic nitrogens is 3.